The molecule has 0 radical (unpaired) electrons. The number of carbonyl (C=O) groups excluding carboxylic acids is 2. The molecule has 0 amide bonds. The number of isocyanates is 2. The van der Waals surface area contributed by atoms with Crippen LogP contribution in [0.15, 0.2) is 9.98 Å². The average molecular weight is 194 g/mol. The van der Waals surface area contributed by atoms with Crippen molar-refractivity contribution < 1.29 is 9.59 Å². The number of hydrogen-bond acceptors (Lipinski definition) is 4. The third-order valence-electron chi connectivity index (χ3n) is 2.82. The quantitative estimate of drug-likeness (QED) is 0.505. The van der Waals surface area contributed by atoms with E-state index in [4.69, 9.17) is 0 Å². The molecule has 0 aromatic rings. The van der Waals surface area contributed by atoms with Crippen LogP contribution in [0.5, 0.6) is 0 Å². The fourth-order valence-corrected chi connectivity index (χ4v) is 2.03. The van der Waals surface area contributed by atoms with E-state index in [2.05, 4.69) is 9.98 Å². The van der Waals surface area contributed by atoms with Crippen LogP contribution in [-0.2, 0) is 9.59 Å². The van der Waals surface area contributed by atoms with Gasteiger partial charge in [0.1, 0.15) is 0 Å². The molecular weight excluding hydrogens is 180 g/mol. The van der Waals surface area contributed by atoms with Crippen LogP contribution in [0.25, 0.3) is 0 Å². The monoisotopic (exact) mass is 194 g/mol. The van der Waals surface area contributed by atoms with E-state index in [1.807, 2.05) is 0 Å². The maximum absolute atomic E-state index is 10.3. The predicted octanol–water partition coefficient (Wildman–Crippen LogP) is 1.75. The number of hydrogen-bond donors (Lipinski definition) is 0. The fourth-order valence-electron chi connectivity index (χ4n) is 2.03. The Kier molecular flexibility index (Phi) is 4.24. The molecule has 0 N–H and O–H groups in total. The Hall–Kier alpha value is -1.24. The molecule has 0 heterocycles. The van der Waals surface area contributed by atoms with E-state index in [1.54, 1.807) is 6.08 Å². The van der Waals surface area contributed by atoms with E-state index in [0.717, 1.165) is 25.7 Å². The van der Waals surface area contributed by atoms with Crippen molar-refractivity contribution in [2.24, 2.45) is 9.98 Å². The molecular formula is C10H14N2O2. The summed E-state index contributed by atoms with van der Waals surface area (Å²) in [6.07, 6.45) is 9.02. The second kappa shape index (κ2) is 5.48. The molecule has 4 nitrogen and oxygen atoms in total. The van der Waals surface area contributed by atoms with Crippen LogP contribution in [0.4, 0.5) is 0 Å². The van der Waals surface area contributed by atoms with Gasteiger partial charge in [0.05, 0.1) is 12.1 Å². The van der Waals surface area contributed by atoms with Gasteiger partial charge in [0.15, 0.2) is 0 Å². The summed E-state index contributed by atoms with van der Waals surface area (Å²) in [6.45, 7) is 0.411. The molecule has 0 aromatic heterocycles. The molecule has 0 saturated heterocycles. The topological polar surface area (TPSA) is 58.9 Å². The maximum atomic E-state index is 10.3. The summed E-state index contributed by atoms with van der Waals surface area (Å²) >= 11 is 0. The minimum Gasteiger partial charge on any atom is -0.211 e. The first-order chi connectivity index (χ1) is 6.83. The molecule has 1 fully saturated rings. The molecule has 1 saturated carbocycles. The first-order valence-corrected chi connectivity index (χ1v) is 4.96. The van der Waals surface area contributed by atoms with Crippen LogP contribution >= 0.6 is 0 Å². The van der Waals surface area contributed by atoms with Crippen molar-refractivity contribution in [1.82, 2.24) is 0 Å². The zero-order valence-electron chi connectivity index (χ0n) is 8.16. The van der Waals surface area contributed by atoms with Crippen LogP contribution < -0.4 is 0 Å². The van der Waals surface area contributed by atoms with Crippen molar-refractivity contribution in [3.63, 3.8) is 0 Å². The highest BCUT2D eigenvalue weighted by molar-refractivity contribution is 5.35. The summed E-state index contributed by atoms with van der Waals surface area (Å²) in [5, 5.41) is 0. The van der Waals surface area contributed by atoms with Crippen LogP contribution in [0.2, 0.25) is 0 Å². The zero-order valence-corrected chi connectivity index (χ0v) is 8.16. The predicted molar refractivity (Wildman–Crippen MR) is 51.5 cm³/mol. The third kappa shape index (κ3) is 2.91. The first-order valence-electron chi connectivity index (χ1n) is 4.96. The molecule has 1 aliphatic rings. The Bertz CT molecular complexity index is 270. The lowest BCUT2D eigenvalue weighted by Gasteiger charge is -2.31. The van der Waals surface area contributed by atoms with Crippen LogP contribution in [0.1, 0.15) is 38.5 Å². The molecule has 14 heavy (non-hydrogen) atoms. The van der Waals surface area contributed by atoms with E-state index in [1.165, 1.54) is 12.5 Å². The van der Waals surface area contributed by atoms with E-state index < -0.39 is 0 Å². The first kappa shape index (κ1) is 10.8. The smallest absolute Gasteiger partial charge is 0.211 e. The normalized spacial score (nSPS) is 19.1. The van der Waals surface area contributed by atoms with Gasteiger partial charge in [0, 0.05) is 0 Å². The molecule has 0 bridgehead atoms. The van der Waals surface area contributed by atoms with Crippen LogP contribution in [0.3, 0.4) is 0 Å². The molecule has 0 spiro atoms. The Morgan fingerprint density at radius 3 is 2.36 bits per heavy atom. The summed E-state index contributed by atoms with van der Waals surface area (Å²) < 4.78 is 0. The standard InChI is InChI=1S/C10H14N2O2/c13-8-11-7-6-10(12-9-14)4-2-1-3-5-10/h1-7H2. The average Bonchev–Trinajstić information content (AvgIpc) is 2.20. The van der Waals surface area contributed by atoms with Crippen molar-refractivity contribution in [1.29, 1.82) is 0 Å². The molecule has 0 aliphatic heterocycles. The minimum absolute atomic E-state index is 0.291. The summed E-state index contributed by atoms with van der Waals surface area (Å²) in [5.41, 5.74) is -0.291. The van der Waals surface area contributed by atoms with E-state index >= 15 is 0 Å². The molecule has 1 rings (SSSR count). The largest absolute Gasteiger partial charge is 0.235 e. The van der Waals surface area contributed by atoms with Gasteiger partial charge in [-0.25, -0.2) is 14.6 Å². The van der Waals surface area contributed by atoms with Crippen molar-refractivity contribution in [3.05, 3.63) is 0 Å². The summed E-state index contributed by atoms with van der Waals surface area (Å²) in [5.74, 6) is 0. The summed E-state index contributed by atoms with van der Waals surface area (Å²) in [4.78, 5) is 27.6. The third-order valence-corrected chi connectivity index (χ3v) is 2.82. The minimum atomic E-state index is -0.291. The van der Waals surface area contributed by atoms with Gasteiger partial charge in [-0.2, -0.15) is 4.99 Å². The van der Waals surface area contributed by atoms with Gasteiger partial charge in [-0.05, 0) is 19.3 Å². The van der Waals surface area contributed by atoms with Gasteiger partial charge in [-0.3, -0.25) is 0 Å². The van der Waals surface area contributed by atoms with Crippen LogP contribution in [0, 0.1) is 0 Å². The lowest BCUT2D eigenvalue weighted by atomic mass is 9.80. The maximum Gasteiger partial charge on any atom is 0.235 e. The fraction of sp³-hybridized carbons (Fsp3) is 0.800. The van der Waals surface area contributed by atoms with Crippen molar-refractivity contribution >= 4 is 12.2 Å². The van der Waals surface area contributed by atoms with Gasteiger partial charge >= 0.3 is 0 Å². The van der Waals surface area contributed by atoms with Crippen molar-refractivity contribution in [2.45, 2.75) is 44.1 Å². The number of nitrogens with zero attached hydrogens (tertiary/aromatic N) is 2. The van der Waals surface area contributed by atoms with Gasteiger partial charge in [0.25, 0.3) is 0 Å². The van der Waals surface area contributed by atoms with E-state index in [-0.39, 0.29) is 5.54 Å². The summed E-state index contributed by atoms with van der Waals surface area (Å²) in [7, 11) is 0. The van der Waals surface area contributed by atoms with Gasteiger partial charge < -0.3 is 0 Å². The SMILES string of the molecule is O=C=NCCC1(N=C=O)CCCCC1. The van der Waals surface area contributed by atoms with Crippen molar-refractivity contribution in [2.75, 3.05) is 6.54 Å². The Morgan fingerprint density at radius 1 is 1.07 bits per heavy atom. The Morgan fingerprint density at radius 2 is 1.79 bits per heavy atom. The number of aliphatic imine (C=N–C) groups is 2. The highest BCUT2D eigenvalue weighted by Gasteiger charge is 2.31. The van der Waals surface area contributed by atoms with Gasteiger partial charge in [-0.1, -0.05) is 19.3 Å². The number of rotatable bonds is 4. The van der Waals surface area contributed by atoms with E-state index in [0.29, 0.717) is 13.0 Å². The second-order valence-electron chi connectivity index (χ2n) is 3.71. The van der Waals surface area contributed by atoms with Crippen molar-refractivity contribution in [3.8, 4) is 0 Å². The second-order valence-corrected chi connectivity index (χ2v) is 3.71. The lowest BCUT2D eigenvalue weighted by Crippen LogP contribution is -2.30. The van der Waals surface area contributed by atoms with Crippen LogP contribution in [-0.4, -0.2) is 24.2 Å². The zero-order chi connectivity index (χ0) is 10.3. The molecule has 76 valence electrons. The molecule has 4 heteroatoms. The Labute approximate surface area is 83.1 Å². The highest BCUT2D eigenvalue weighted by Crippen LogP contribution is 2.34. The van der Waals surface area contributed by atoms with Gasteiger partial charge in [0.2, 0.25) is 12.2 Å². The highest BCUT2D eigenvalue weighted by atomic mass is 16.1. The van der Waals surface area contributed by atoms with E-state index in [9.17, 15) is 9.59 Å². The Balaban J connectivity index is 2.59. The van der Waals surface area contributed by atoms with Gasteiger partial charge in [-0.15, -0.1) is 0 Å². The molecule has 1 aliphatic carbocycles. The summed E-state index contributed by atoms with van der Waals surface area (Å²) in [6, 6.07) is 0. The molecule has 0 unspecified atom stereocenters. The molecule has 0 aromatic carbocycles. The molecule has 0 atom stereocenters. The lowest BCUT2D eigenvalue weighted by molar-refractivity contribution is 0.283.